The number of halogens is 3. The Kier molecular flexibility index (Phi) is 4.44. The van der Waals surface area contributed by atoms with Crippen LogP contribution in [0.2, 0.25) is 0 Å². The van der Waals surface area contributed by atoms with Crippen LogP contribution < -0.4 is 16.0 Å². The molecule has 1 aromatic heterocycles. The van der Waals surface area contributed by atoms with Gasteiger partial charge < -0.3 is 16.0 Å². The molecule has 3 aliphatic rings. The summed E-state index contributed by atoms with van der Waals surface area (Å²) in [6.45, 7) is 0.359. The number of hydrogen-bond donors (Lipinski definition) is 3. The van der Waals surface area contributed by atoms with E-state index in [1.165, 1.54) is 4.31 Å². The minimum absolute atomic E-state index is 0.0516. The van der Waals surface area contributed by atoms with Crippen LogP contribution in [0, 0.1) is 5.92 Å². The molecule has 3 heterocycles. The van der Waals surface area contributed by atoms with Crippen LogP contribution in [0.25, 0.3) is 0 Å². The topological polar surface area (TPSA) is 116 Å². The van der Waals surface area contributed by atoms with E-state index in [-0.39, 0.29) is 37.3 Å². The number of carbonyl (C=O) groups is 1. The third kappa shape index (κ3) is 3.75. The van der Waals surface area contributed by atoms with E-state index < -0.39 is 33.1 Å². The van der Waals surface area contributed by atoms with Gasteiger partial charge in [0.1, 0.15) is 11.4 Å². The molecule has 0 bridgehead atoms. The second-order valence-corrected chi connectivity index (χ2v) is 10.4. The zero-order valence-corrected chi connectivity index (χ0v) is 17.6. The average Bonchev–Trinajstić information content (AvgIpc) is 3.01. The molecule has 0 radical (unpaired) electrons. The van der Waals surface area contributed by atoms with Gasteiger partial charge in [0.05, 0.1) is 18.2 Å². The zero-order chi connectivity index (χ0) is 22.9. The van der Waals surface area contributed by atoms with Gasteiger partial charge in [0, 0.05) is 30.7 Å². The van der Waals surface area contributed by atoms with E-state index in [2.05, 4.69) is 25.9 Å². The molecule has 1 aliphatic carbocycles. The van der Waals surface area contributed by atoms with Crippen LogP contribution in [0.5, 0.6) is 0 Å². The van der Waals surface area contributed by atoms with Crippen LogP contribution >= 0.6 is 0 Å². The number of nitrogens with one attached hydrogen (secondary N) is 3. The smallest absolute Gasteiger partial charge is 0.362 e. The van der Waals surface area contributed by atoms with Gasteiger partial charge in [-0.3, -0.25) is 4.79 Å². The van der Waals surface area contributed by atoms with Crippen molar-refractivity contribution < 1.29 is 26.4 Å². The Labute approximate surface area is 181 Å². The highest BCUT2D eigenvalue weighted by atomic mass is 32.2. The maximum absolute atomic E-state index is 13.6. The quantitative estimate of drug-likeness (QED) is 0.616. The van der Waals surface area contributed by atoms with Crippen molar-refractivity contribution in [3.8, 4) is 0 Å². The fourth-order valence-electron chi connectivity index (χ4n) is 4.30. The number of carbonyl (C=O) groups excluding carboxylic acids is 1. The van der Waals surface area contributed by atoms with E-state index in [4.69, 9.17) is 0 Å². The van der Waals surface area contributed by atoms with Crippen molar-refractivity contribution in [3.05, 3.63) is 35.5 Å². The Morgan fingerprint density at radius 2 is 2.09 bits per heavy atom. The van der Waals surface area contributed by atoms with Crippen LogP contribution in [0.4, 0.5) is 36.3 Å². The molecule has 1 amide bonds. The van der Waals surface area contributed by atoms with E-state index in [0.29, 0.717) is 24.0 Å². The van der Waals surface area contributed by atoms with Gasteiger partial charge in [-0.25, -0.2) is 13.4 Å². The fourth-order valence-corrected chi connectivity index (χ4v) is 5.22. The molecule has 2 aromatic rings. The summed E-state index contributed by atoms with van der Waals surface area (Å²) < 4.78 is 65.7. The maximum atomic E-state index is 13.6. The van der Waals surface area contributed by atoms with Gasteiger partial charge >= 0.3 is 6.18 Å². The number of rotatable bonds is 5. The summed E-state index contributed by atoms with van der Waals surface area (Å²) in [5.74, 6) is -0.658. The van der Waals surface area contributed by atoms with Gasteiger partial charge in [0.25, 0.3) is 0 Å². The number of benzene rings is 1. The Bertz CT molecular complexity index is 1240. The number of fused-ring (bicyclic) bond motifs is 2. The SMILES string of the molecule is CS(=O)(=O)N1C[C@H]2C[C@]2(Nc2nc(Nc3ccc4c(c3)CC(=O)N4)ncc2C(F)(F)F)C1. The second kappa shape index (κ2) is 6.78. The number of sulfonamides is 1. The van der Waals surface area contributed by atoms with Crippen LogP contribution in [0.15, 0.2) is 24.4 Å². The van der Waals surface area contributed by atoms with E-state index in [0.717, 1.165) is 11.8 Å². The van der Waals surface area contributed by atoms with Crippen molar-refractivity contribution in [1.29, 1.82) is 0 Å². The van der Waals surface area contributed by atoms with Gasteiger partial charge in [0.15, 0.2) is 0 Å². The molecule has 2 aliphatic heterocycles. The normalized spacial score (nSPS) is 24.6. The molecule has 9 nitrogen and oxygen atoms in total. The van der Waals surface area contributed by atoms with Crippen molar-refractivity contribution in [1.82, 2.24) is 14.3 Å². The molecular formula is C19H19F3N6O3S. The van der Waals surface area contributed by atoms with Crippen molar-refractivity contribution >= 4 is 39.1 Å². The largest absolute Gasteiger partial charge is 0.421 e. The lowest BCUT2D eigenvalue weighted by atomic mass is 10.1. The molecule has 2 atom stereocenters. The highest BCUT2D eigenvalue weighted by molar-refractivity contribution is 7.88. The third-order valence-electron chi connectivity index (χ3n) is 6.03. The molecule has 5 rings (SSSR count). The number of anilines is 4. The predicted molar refractivity (Wildman–Crippen MR) is 110 cm³/mol. The van der Waals surface area contributed by atoms with Crippen LogP contribution in [0.1, 0.15) is 17.5 Å². The summed E-state index contributed by atoms with van der Waals surface area (Å²) in [5.41, 5.74) is 0.180. The first-order chi connectivity index (χ1) is 14.9. The van der Waals surface area contributed by atoms with Crippen molar-refractivity contribution in [2.24, 2.45) is 5.92 Å². The van der Waals surface area contributed by atoms with Gasteiger partial charge in [-0.05, 0) is 36.1 Å². The Morgan fingerprint density at radius 1 is 1.31 bits per heavy atom. The molecule has 1 saturated heterocycles. The molecule has 2 fully saturated rings. The molecule has 1 saturated carbocycles. The summed E-state index contributed by atoms with van der Waals surface area (Å²) in [6, 6.07) is 5.06. The summed E-state index contributed by atoms with van der Waals surface area (Å²) in [6.07, 6.45) is -2.12. The van der Waals surface area contributed by atoms with Gasteiger partial charge in [-0.1, -0.05) is 0 Å². The van der Waals surface area contributed by atoms with Crippen LogP contribution in [0.3, 0.4) is 0 Å². The maximum Gasteiger partial charge on any atom is 0.421 e. The van der Waals surface area contributed by atoms with E-state index >= 15 is 0 Å². The molecule has 0 spiro atoms. The highest BCUT2D eigenvalue weighted by Crippen LogP contribution is 2.53. The number of piperidine rings is 1. The standard InChI is InChI=1S/C19H19F3N6O3S/c1-32(30,31)28-8-11-6-18(11,9-28)27-16-13(19(20,21)22)7-23-17(26-16)24-12-2-3-14-10(4-12)5-15(29)25-14/h2-4,7,11H,5-6,8-9H2,1H3,(H,25,29)(H2,23,24,26,27)/t11-,18+/m1/s1. The number of hydrogen-bond acceptors (Lipinski definition) is 7. The van der Waals surface area contributed by atoms with Crippen molar-refractivity contribution in [3.63, 3.8) is 0 Å². The fraction of sp³-hybridized carbons (Fsp3) is 0.421. The average molecular weight is 468 g/mol. The number of nitrogens with zero attached hydrogens (tertiary/aromatic N) is 3. The molecule has 32 heavy (non-hydrogen) atoms. The minimum Gasteiger partial charge on any atom is -0.362 e. The van der Waals surface area contributed by atoms with Gasteiger partial charge in [-0.2, -0.15) is 22.5 Å². The summed E-state index contributed by atoms with van der Waals surface area (Å²) in [7, 11) is -3.43. The second-order valence-electron chi connectivity index (χ2n) is 8.41. The van der Waals surface area contributed by atoms with Crippen LogP contribution in [-0.2, 0) is 27.4 Å². The molecule has 13 heteroatoms. The number of aromatic nitrogens is 2. The first-order valence-electron chi connectivity index (χ1n) is 9.80. The third-order valence-corrected chi connectivity index (χ3v) is 7.25. The molecule has 1 aromatic carbocycles. The molecule has 3 N–H and O–H groups in total. The number of alkyl halides is 3. The van der Waals surface area contributed by atoms with E-state index in [1.807, 2.05) is 0 Å². The zero-order valence-electron chi connectivity index (χ0n) is 16.8. The van der Waals surface area contributed by atoms with Crippen molar-refractivity contribution in [2.75, 3.05) is 35.3 Å². The Balaban J connectivity index is 1.42. The van der Waals surface area contributed by atoms with Gasteiger partial charge in [-0.15, -0.1) is 0 Å². The Morgan fingerprint density at radius 3 is 2.78 bits per heavy atom. The first kappa shape index (κ1) is 20.9. The molecule has 170 valence electrons. The first-order valence-corrected chi connectivity index (χ1v) is 11.7. The highest BCUT2D eigenvalue weighted by Gasteiger charge is 2.62. The van der Waals surface area contributed by atoms with Crippen molar-refractivity contribution in [2.45, 2.75) is 24.6 Å². The Hall–Kier alpha value is -2.93. The van der Waals surface area contributed by atoms with E-state index in [9.17, 15) is 26.4 Å². The van der Waals surface area contributed by atoms with E-state index in [1.54, 1.807) is 18.2 Å². The van der Waals surface area contributed by atoms with Crippen LogP contribution in [-0.4, -0.2) is 53.5 Å². The predicted octanol–water partition coefficient (Wildman–Crippen LogP) is 2.18. The summed E-state index contributed by atoms with van der Waals surface area (Å²) in [5, 5.41) is 8.45. The molecule has 0 unspecified atom stereocenters. The lowest BCUT2D eigenvalue weighted by Crippen LogP contribution is -2.36. The minimum atomic E-state index is -4.68. The summed E-state index contributed by atoms with van der Waals surface area (Å²) in [4.78, 5) is 19.4. The lowest BCUT2D eigenvalue weighted by molar-refractivity contribution is -0.137. The monoisotopic (exact) mass is 468 g/mol. The molecular weight excluding hydrogens is 449 g/mol. The number of amides is 1. The lowest BCUT2D eigenvalue weighted by Gasteiger charge is -2.22. The summed E-state index contributed by atoms with van der Waals surface area (Å²) >= 11 is 0. The van der Waals surface area contributed by atoms with Gasteiger partial charge in [0.2, 0.25) is 21.9 Å².